The molecular formula is C21H19BrN2O5S. The van der Waals surface area contributed by atoms with E-state index in [0.717, 1.165) is 4.47 Å². The number of carbonyl (C=O) groups is 2. The van der Waals surface area contributed by atoms with E-state index in [0.29, 0.717) is 5.69 Å². The van der Waals surface area contributed by atoms with Gasteiger partial charge in [0.05, 0.1) is 17.1 Å². The van der Waals surface area contributed by atoms with Crippen molar-refractivity contribution in [3.05, 3.63) is 82.7 Å². The van der Waals surface area contributed by atoms with Crippen LogP contribution in [0.15, 0.2) is 80.5 Å². The van der Waals surface area contributed by atoms with Crippen LogP contribution in [0.4, 0.5) is 5.69 Å². The van der Waals surface area contributed by atoms with Gasteiger partial charge in [0.25, 0.3) is 5.91 Å². The molecule has 156 valence electrons. The Bertz CT molecular complexity index is 1160. The Kier molecular flexibility index (Phi) is 6.73. The third kappa shape index (κ3) is 5.37. The largest absolute Gasteiger partial charge is 0.455 e. The first-order valence-electron chi connectivity index (χ1n) is 8.92. The van der Waals surface area contributed by atoms with E-state index in [4.69, 9.17) is 4.42 Å². The van der Waals surface area contributed by atoms with E-state index in [1.165, 1.54) is 36.2 Å². The molecule has 0 bridgehead atoms. The van der Waals surface area contributed by atoms with Crippen molar-refractivity contribution in [3.63, 3.8) is 0 Å². The highest BCUT2D eigenvalue weighted by Gasteiger charge is 2.22. The second-order valence-corrected chi connectivity index (χ2v) is 9.37. The molecule has 7 nitrogen and oxygen atoms in total. The number of sulfone groups is 1. The number of furan rings is 1. The van der Waals surface area contributed by atoms with Crippen molar-refractivity contribution >= 4 is 43.3 Å². The van der Waals surface area contributed by atoms with Crippen molar-refractivity contribution < 1.29 is 22.4 Å². The van der Waals surface area contributed by atoms with Crippen LogP contribution in [0, 0.1) is 0 Å². The number of likely N-dealkylation sites (N-methyl/N-ethyl adjacent to an activating group) is 1. The van der Waals surface area contributed by atoms with E-state index in [2.05, 4.69) is 21.2 Å². The molecule has 3 aromatic rings. The molecule has 0 aliphatic heterocycles. The molecule has 1 N–H and O–H groups in total. The molecule has 30 heavy (non-hydrogen) atoms. The minimum Gasteiger partial charge on any atom is -0.455 e. The number of hydrogen-bond acceptors (Lipinski definition) is 5. The van der Waals surface area contributed by atoms with Gasteiger partial charge in [-0.15, -0.1) is 0 Å². The molecule has 2 amide bonds. The van der Waals surface area contributed by atoms with Gasteiger partial charge >= 0.3 is 0 Å². The first-order chi connectivity index (χ1) is 14.3. The molecule has 0 aliphatic rings. The second kappa shape index (κ2) is 9.27. The number of hydrogen-bond donors (Lipinski definition) is 1. The molecule has 1 heterocycles. The van der Waals surface area contributed by atoms with Crippen LogP contribution in [0.1, 0.15) is 16.3 Å². The number of benzene rings is 2. The number of nitrogens with zero attached hydrogens (tertiary/aromatic N) is 1. The van der Waals surface area contributed by atoms with Crippen LogP contribution < -0.4 is 5.32 Å². The van der Waals surface area contributed by atoms with Gasteiger partial charge in [0.15, 0.2) is 15.6 Å². The summed E-state index contributed by atoms with van der Waals surface area (Å²) in [6.45, 7) is -0.196. The summed E-state index contributed by atoms with van der Waals surface area (Å²) in [6.07, 6.45) is 0. The Morgan fingerprint density at radius 1 is 1.00 bits per heavy atom. The first-order valence-corrected chi connectivity index (χ1v) is 11.4. The predicted octanol–water partition coefficient (Wildman–Crippen LogP) is 3.73. The number of carbonyl (C=O) groups excluding carboxylic acids is 2. The van der Waals surface area contributed by atoms with Gasteiger partial charge in [0, 0.05) is 11.5 Å². The van der Waals surface area contributed by atoms with Crippen LogP contribution in [-0.2, 0) is 20.4 Å². The lowest BCUT2D eigenvalue weighted by molar-refractivity contribution is -0.116. The Morgan fingerprint density at radius 3 is 2.37 bits per heavy atom. The van der Waals surface area contributed by atoms with Gasteiger partial charge in [-0.2, -0.15) is 0 Å². The van der Waals surface area contributed by atoms with Gasteiger partial charge in [0.1, 0.15) is 11.5 Å². The first kappa shape index (κ1) is 21.8. The Hall–Kier alpha value is -2.91. The summed E-state index contributed by atoms with van der Waals surface area (Å²) in [5.74, 6) is -1.16. The summed E-state index contributed by atoms with van der Waals surface area (Å²) in [6, 6.07) is 18.0. The Balaban J connectivity index is 1.63. The lowest BCUT2D eigenvalue weighted by Gasteiger charge is -2.16. The molecule has 0 radical (unpaired) electrons. The van der Waals surface area contributed by atoms with Crippen molar-refractivity contribution in [1.82, 2.24) is 4.90 Å². The van der Waals surface area contributed by atoms with E-state index < -0.39 is 15.7 Å². The van der Waals surface area contributed by atoms with Gasteiger partial charge in [0.2, 0.25) is 5.91 Å². The van der Waals surface area contributed by atoms with Crippen molar-refractivity contribution in [2.45, 2.75) is 10.6 Å². The summed E-state index contributed by atoms with van der Waals surface area (Å²) >= 11 is 3.34. The fourth-order valence-electron chi connectivity index (χ4n) is 2.70. The molecule has 0 unspecified atom stereocenters. The van der Waals surface area contributed by atoms with Crippen LogP contribution >= 0.6 is 15.9 Å². The van der Waals surface area contributed by atoms with E-state index in [-0.39, 0.29) is 34.6 Å². The Morgan fingerprint density at radius 2 is 1.67 bits per heavy atom. The monoisotopic (exact) mass is 490 g/mol. The van der Waals surface area contributed by atoms with Crippen molar-refractivity contribution in [2.24, 2.45) is 0 Å². The number of para-hydroxylation sites is 1. The lowest BCUT2D eigenvalue weighted by Crippen LogP contribution is -2.34. The summed E-state index contributed by atoms with van der Waals surface area (Å²) in [4.78, 5) is 26.1. The van der Waals surface area contributed by atoms with Gasteiger partial charge in [-0.3, -0.25) is 9.59 Å². The van der Waals surface area contributed by atoms with Gasteiger partial charge in [-0.25, -0.2) is 8.42 Å². The number of nitrogens with one attached hydrogen (secondary N) is 1. The van der Waals surface area contributed by atoms with Crippen LogP contribution in [0.5, 0.6) is 0 Å². The number of amides is 2. The highest BCUT2D eigenvalue weighted by atomic mass is 79.9. The highest BCUT2D eigenvalue weighted by molar-refractivity contribution is 9.10. The summed E-state index contributed by atoms with van der Waals surface area (Å²) in [5, 5.41) is 2.71. The SMILES string of the molecule is CN(CC(=O)Nc1ccccc1Br)C(=O)c1ccc(CS(=O)(=O)c2ccccc2)o1. The quantitative estimate of drug-likeness (QED) is 0.544. The minimum absolute atomic E-state index is 0.0375. The van der Waals surface area contributed by atoms with Gasteiger partial charge in [-0.1, -0.05) is 30.3 Å². The minimum atomic E-state index is -3.59. The molecule has 0 aliphatic carbocycles. The molecule has 1 aromatic heterocycles. The van der Waals surface area contributed by atoms with E-state index in [1.807, 2.05) is 6.07 Å². The maximum atomic E-state index is 12.5. The van der Waals surface area contributed by atoms with Gasteiger partial charge in [-0.05, 0) is 52.3 Å². The number of halogens is 1. The summed E-state index contributed by atoms with van der Waals surface area (Å²) < 4.78 is 31.1. The average molecular weight is 491 g/mol. The van der Waals surface area contributed by atoms with Crippen LogP contribution in [0.25, 0.3) is 0 Å². The molecule has 0 atom stereocenters. The van der Waals surface area contributed by atoms with Crippen molar-refractivity contribution in [2.75, 3.05) is 18.9 Å². The molecule has 3 rings (SSSR count). The molecule has 0 saturated heterocycles. The van der Waals surface area contributed by atoms with E-state index in [9.17, 15) is 18.0 Å². The lowest BCUT2D eigenvalue weighted by atomic mass is 10.3. The maximum absolute atomic E-state index is 12.5. The zero-order valence-electron chi connectivity index (χ0n) is 16.0. The third-order valence-corrected chi connectivity index (χ3v) is 6.53. The third-order valence-electron chi connectivity index (χ3n) is 4.18. The number of anilines is 1. The maximum Gasteiger partial charge on any atom is 0.289 e. The topological polar surface area (TPSA) is 96.7 Å². The highest BCUT2D eigenvalue weighted by Crippen LogP contribution is 2.21. The van der Waals surface area contributed by atoms with Gasteiger partial charge < -0.3 is 14.6 Å². The van der Waals surface area contributed by atoms with Crippen molar-refractivity contribution in [3.8, 4) is 0 Å². The normalized spacial score (nSPS) is 11.1. The van der Waals surface area contributed by atoms with Crippen molar-refractivity contribution in [1.29, 1.82) is 0 Å². The molecule has 2 aromatic carbocycles. The zero-order valence-corrected chi connectivity index (χ0v) is 18.4. The van der Waals surface area contributed by atoms with Crippen LogP contribution in [0.3, 0.4) is 0 Å². The smallest absolute Gasteiger partial charge is 0.289 e. The molecule has 0 saturated carbocycles. The summed E-state index contributed by atoms with van der Waals surface area (Å²) in [7, 11) is -2.13. The fraction of sp³-hybridized carbons (Fsp3) is 0.143. The molecule has 0 spiro atoms. The fourth-order valence-corrected chi connectivity index (χ4v) is 4.35. The van der Waals surface area contributed by atoms with E-state index in [1.54, 1.807) is 36.4 Å². The second-order valence-electron chi connectivity index (χ2n) is 6.53. The van der Waals surface area contributed by atoms with Crippen LogP contribution in [0.2, 0.25) is 0 Å². The molecular weight excluding hydrogens is 472 g/mol. The predicted molar refractivity (Wildman–Crippen MR) is 116 cm³/mol. The van der Waals surface area contributed by atoms with E-state index >= 15 is 0 Å². The number of rotatable bonds is 7. The Labute approximate surface area is 182 Å². The summed E-state index contributed by atoms with van der Waals surface area (Å²) in [5.41, 5.74) is 0.592. The zero-order chi connectivity index (χ0) is 21.7. The standard InChI is InChI=1S/C21H19BrN2O5S/c1-24(13-20(25)23-18-10-6-5-9-17(18)22)21(26)19-12-11-15(29-19)14-30(27,28)16-7-3-2-4-8-16/h2-12H,13-14H2,1H3,(H,23,25). The van der Waals surface area contributed by atoms with Crippen LogP contribution in [-0.4, -0.2) is 38.7 Å². The average Bonchev–Trinajstić information content (AvgIpc) is 3.17. The molecule has 0 fully saturated rings. The molecule has 9 heteroatoms.